The normalized spacial score (nSPS) is 18.3. The van der Waals surface area contributed by atoms with Crippen molar-refractivity contribution in [2.45, 2.75) is 38.6 Å². The van der Waals surface area contributed by atoms with Gasteiger partial charge in [0, 0.05) is 37.8 Å². The van der Waals surface area contributed by atoms with E-state index in [1.165, 1.54) is 12.8 Å². The zero-order chi connectivity index (χ0) is 17.8. The fraction of sp³-hybridized carbons (Fsp3) is 0.579. The molecule has 1 saturated carbocycles. The molecule has 2 fully saturated rings. The fourth-order valence-electron chi connectivity index (χ4n) is 3.64. The van der Waals surface area contributed by atoms with Gasteiger partial charge in [0.15, 0.2) is 0 Å². The number of hydrogen-bond acceptors (Lipinski definition) is 3. The highest BCUT2D eigenvalue weighted by Gasteiger charge is 2.27. The highest BCUT2D eigenvalue weighted by molar-refractivity contribution is 5.94. The van der Waals surface area contributed by atoms with Crippen molar-refractivity contribution in [2.24, 2.45) is 0 Å². The van der Waals surface area contributed by atoms with Gasteiger partial charge >= 0.3 is 6.03 Å². The molecule has 0 aromatic heterocycles. The van der Waals surface area contributed by atoms with Crippen LogP contribution in [0, 0.1) is 6.92 Å². The van der Waals surface area contributed by atoms with E-state index in [0.717, 1.165) is 24.2 Å². The Kier molecular flexibility index (Phi) is 5.46. The van der Waals surface area contributed by atoms with Gasteiger partial charge in [0.25, 0.3) is 5.91 Å². The molecule has 1 aliphatic heterocycles. The van der Waals surface area contributed by atoms with Gasteiger partial charge in [0.1, 0.15) is 5.75 Å². The molecule has 0 unspecified atom stereocenters. The van der Waals surface area contributed by atoms with Gasteiger partial charge in [-0.05, 0) is 43.5 Å². The quantitative estimate of drug-likeness (QED) is 0.915. The molecule has 3 rings (SSSR count). The molecule has 6 heteroatoms. The first-order chi connectivity index (χ1) is 12.1. The number of nitrogens with one attached hydrogen (secondary N) is 1. The molecule has 0 spiro atoms. The summed E-state index contributed by atoms with van der Waals surface area (Å²) in [6.45, 7) is 4.24. The first-order valence-corrected chi connectivity index (χ1v) is 9.08. The van der Waals surface area contributed by atoms with Crippen LogP contribution in [-0.2, 0) is 0 Å². The Morgan fingerprint density at radius 2 is 1.72 bits per heavy atom. The Labute approximate surface area is 149 Å². The monoisotopic (exact) mass is 345 g/mol. The van der Waals surface area contributed by atoms with E-state index in [0.29, 0.717) is 37.8 Å². The topological polar surface area (TPSA) is 61.9 Å². The number of carbonyl (C=O) groups is 2. The summed E-state index contributed by atoms with van der Waals surface area (Å²) in [5.74, 6) is 0.798. The van der Waals surface area contributed by atoms with Crippen LogP contribution in [0.3, 0.4) is 0 Å². The Morgan fingerprint density at radius 3 is 2.32 bits per heavy atom. The van der Waals surface area contributed by atoms with Gasteiger partial charge in [-0.2, -0.15) is 0 Å². The third-order valence-electron chi connectivity index (χ3n) is 5.18. The molecule has 3 amide bonds. The molecule has 136 valence electrons. The van der Waals surface area contributed by atoms with E-state index in [9.17, 15) is 9.59 Å². The third-order valence-corrected chi connectivity index (χ3v) is 5.18. The van der Waals surface area contributed by atoms with Crippen LogP contribution in [0.2, 0.25) is 0 Å². The molecule has 1 N–H and O–H groups in total. The average Bonchev–Trinajstić information content (AvgIpc) is 3.14. The van der Waals surface area contributed by atoms with Gasteiger partial charge < -0.3 is 19.9 Å². The number of benzene rings is 1. The summed E-state index contributed by atoms with van der Waals surface area (Å²) in [5.41, 5.74) is 1.62. The summed E-state index contributed by atoms with van der Waals surface area (Å²) in [5, 5.41) is 3.11. The minimum absolute atomic E-state index is 0.0132. The average molecular weight is 345 g/mol. The van der Waals surface area contributed by atoms with Crippen molar-refractivity contribution in [1.82, 2.24) is 15.1 Å². The summed E-state index contributed by atoms with van der Waals surface area (Å²) in [6, 6.07) is 5.83. The van der Waals surface area contributed by atoms with Crippen LogP contribution in [0.25, 0.3) is 0 Å². The molecule has 1 aliphatic carbocycles. The maximum atomic E-state index is 12.7. The van der Waals surface area contributed by atoms with Gasteiger partial charge in [-0.15, -0.1) is 0 Å². The van der Waals surface area contributed by atoms with Crippen molar-refractivity contribution in [3.63, 3.8) is 0 Å². The minimum Gasteiger partial charge on any atom is -0.496 e. The maximum Gasteiger partial charge on any atom is 0.317 e. The summed E-state index contributed by atoms with van der Waals surface area (Å²) in [7, 11) is 1.62. The molecule has 25 heavy (non-hydrogen) atoms. The van der Waals surface area contributed by atoms with Crippen LogP contribution in [0.4, 0.5) is 4.79 Å². The predicted octanol–water partition coefficient (Wildman–Crippen LogP) is 2.41. The Balaban J connectivity index is 1.53. The molecule has 0 bridgehead atoms. The fourth-order valence-corrected chi connectivity index (χ4v) is 3.64. The van der Waals surface area contributed by atoms with E-state index in [2.05, 4.69) is 5.32 Å². The Morgan fingerprint density at radius 1 is 1.08 bits per heavy atom. The number of rotatable bonds is 3. The second kappa shape index (κ2) is 7.76. The summed E-state index contributed by atoms with van der Waals surface area (Å²) >= 11 is 0. The lowest BCUT2D eigenvalue weighted by molar-refractivity contribution is 0.0663. The lowest BCUT2D eigenvalue weighted by atomic mass is 10.1. The lowest BCUT2D eigenvalue weighted by Crippen LogP contribution is -2.54. The standard InChI is InChI=1S/C19H27N3O3/c1-14-13-15(7-8-17(14)25-2)18(23)21-9-11-22(12-10-21)19(24)20-16-5-3-4-6-16/h7-8,13,16H,3-6,9-12H2,1-2H3,(H,20,24). The minimum atomic E-state index is 0.0132. The molecule has 1 heterocycles. The molecule has 1 aromatic carbocycles. The van der Waals surface area contributed by atoms with Crippen molar-refractivity contribution in [3.8, 4) is 5.75 Å². The van der Waals surface area contributed by atoms with E-state index >= 15 is 0 Å². The van der Waals surface area contributed by atoms with Crippen LogP contribution >= 0.6 is 0 Å². The zero-order valence-corrected chi connectivity index (χ0v) is 15.1. The highest BCUT2D eigenvalue weighted by atomic mass is 16.5. The van der Waals surface area contributed by atoms with Gasteiger partial charge in [0.05, 0.1) is 7.11 Å². The number of aryl methyl sites for hydroxylation is 1. The summed E-state index contributed by atoms with van der Waals surface area (Å²) < 4.78 is 5.24. The van der Waals surface area contributed by atoms with Crippen LogP contribution in [-0.4, -0.2) is 61.1 Å². The third kappa shape index (κ3) is 4.06. The smallest absolute Gasteiger partial charge is 0.317 e. The highest BCUT2D eigenvalue weighted by Crippen LogP contribution is 2.20. The van der Waals surface area contributed by atoms with Gasteiger partial charge in [-0.1, -0.05) is 12.8 Å². The number of piperazine rings is 1. The van der Waals surface area contributed by atoms with E-state index < -0.39 is 0 Å². The Bertz CT molecular complexity index is 633. The number of hydrogen-bond donors (Lipinski definition) is 1. The largest absolute Gasteiger partial charge is 0.496 e. The Hall–Kier alpha value is -2.24. The van der Waals surface area contributed by atoms with E-state index in [1.807, 2.05) is 28.9 Å². The van der Waals surface area contributed by atoms with Crippen molar-refractivity contribution in [1.29, 1.82) is 0 Å². The predicted molar refractivity (Wildman–Crippen MR) is 96.0 cm³/mol. The maximum absolute atomic E-state index is 12.7. The van der Waals surface area contributed by atoms with Gasteiger partial charge in [-0.3, -0.25) is 4.79 Å². The van der Waals surface area contributed by atoms with Gasteiger partial charge in [0.2, 0.25) is 0 Å². The first kappa shape index (κ1) is 17.6. The van der Waals surface area contributed by atoms with Crippen LogP contribution in [0.1, 0.15) is 41.6 Å². The van der Waals surface area contributed by atoms with E-state index in [1.54, 1.807) is 13.2 Å². The lowest BCUT2D eigenvalue weighted by Gasteiger charge is -2.35. The first-order valence-electron chi connectivity index (χ1n) is 9.08. The van der Waals surface area contributed by atoms with Crippen molar-refractivity contribution >= 4 is 11.9 Å². The van der Waals surface area contributed by atoms with Gasteiger partial charge in [-0.25, -0.2) is 4.79 Å². The molecule has 1 saturated heterocycles. The van der Waals surface area contributed by atoms with Crippen LogP contribution in [0.15, 0.2) is 18.2 Å². The molecular formula is C19H27N3O3. The molecule has 2 aliphatic rings. The van der Waals surface area contributed by atoms with Crippen LogP contribution < -0.4 is 10.1 Å². The second-order valence-electron chi connectivity index (χ2n) is 6.89. The van der Waals surface area contributed by atoms with Crippen molar-refractivity contribution in [3.05, 3.63) is 29.3 Å². The number of amides is 3. The molecule has 1 aromatic rings. The number of nitrogens with zero attached hydrogens (tertiary/aromatic N) is 2. The number of ether oxygens (including phenoxy) is 1. The van der Waals surface area contributed by atoms with Crippen molar-refractivity contribution < 1.29 is 14.3 Å². The van der Waals surface area contributed by atoms with Crippen molar-refractivity contribution in [2.75, 3.05) is 33.3 Å². The summed E-state index contributed by atoms with van der Waals surface area (Å²) in [6.07, 6.45) is 4.57. The summed E-state index contributed by atoms with van der Waals surface area (Å²) in [4.78, 5) is 28.6. The van der Waals surface area contributed by atoms with E-state index in [4.69, 9.17) is 4.74 Å². The number of carbonyl (C=O) groups excluding carboxylic acids is 2. The molecular weight excluding hydrogens is 318 g/mol. The van der Waals surface area contributed by atoms with Crippen LogP contribution in [0.5, 0.6) is 5.75 Å². The molecule has 6 nitrogen and oxygen atoms in total. The zero-order valence-electron chi connectivity index (χ0n) is 15.1. The molecule has 0 radical (unpaired) electrons. The SMILES string of the molecule is COc1ccc(C(=O)N2CCN(C(=O)NC3CCCC3)CC2)cc1C. The molecule has 0 atom stereocenters. The second-order valence-corrected chi connectivity index (χ2v) is 6.89. The van der Waals surface area contributed by atoms with E-state index in [-0.39, 0.29) is 11.9 Å². The number of urea groups is 1. The number of methoxy groups -OCH3 is 1.